The Morgan fingerprint density at radius 3 is 2.15 bits per heavy atom. The number of ether oxygens (including phenoxy) is 5. The van der Waals surface area contributed by atoms with E-state index in [0.717, 1.165) is 37.1 Å². The summed E-state index contributed by atoms with van der Waals surface area (Å²) in [6.07, 6.45) is 4.67. The highest BCUT2D eigenvalue weighted by Crippen LogP contribution is 2.33. The molecule has 0 bridgehead atoms. The number of carbonyl (C=O) groups excluding carboxylic acids is 7. The van der Waals surface area contributed by atoms with E-state index in [2.05, 4.69) is 15.2 Å². The number of benzene rings is 1. The van der Waals surface area contributed by atoms with Crippen molar-refractivity contribution in [1.29, 1.82) is 0 Å². The van der Waals surface area contributed by atoms with Crippen molar-refractivity contribution in [2.75, 3.05) is 66.8 Å². The molecule has 2 aromatic rings. The second-order valence-corrected chi connectivity index (χ2v) is 18.5. The molecule has 1 aromatic carbocycles. The zero-order valence-corrected chi connectivity index (χ0v) is 41.3. The Morgan fingerprint density at radius 1 is 0.896 bits per heavy atom. The Kier molecular flexibility index (Phi) is 22.7. The number of ketones is 1. The molecule has 0 saturated carbocycles. The third-order valence-electron chi connectivity index (χ3n) is 12.4. The number of thiazole rings is 1. The molecule has 1 unspecified atom stereocenters. The van der Waals surface area contributed by atoms with Crippen molar-refractivity contribution < 1.29 is 57.2 Å². The van der Waals surface area contributed by atoms with Gasteiger partial charge in [0.15, 0.2) is 11.9 Å². The molecule has 1 fully saturated rings. The number of likely N-dealkylation sites (tertiary alicyclic amines) is 1. The molecular formula is C49H71N5O12S. The summed E-state index contributed by atoms with van der Waals surface area (Å²) in [7, 11) is 3.72. The van der Waals surface area contributed by atoms with Gasteiger partial charge < -0.3 is 33.9 Å². The van der Waals surface area contributed by atoms with Crippen molar-refractivity contribution in [2.24, 2.45) is 17.8 Å². The Balaban J connectivity index is 1.31. The largest absolute Gasteiger partial charge is 0.455 e. The third-order valence-corrected chi connectivity index (χ3v) is 13.3. The third kappa shape index (κ3) is 17.0. The molecule has 0 spiro atoms. The van der Waals surface area contributed by atoms with E-state index in [4.69, 9.17) is 23.7 Å². The summed E-state index contributed by atoms with van der Waals surface area (Å²) < 4.78 is 28.2. The fourth-order valence-corrected chi connectivity index (χ4v) is 9.11. The topological polar surface area (TPSA) is 200 Å². The maximum atomic E-state index is 14.4. The summed E-state index contributed by atoms with van der Waals surface area (Å²) in [6.45, 7) is 13.4. The van der Waals surface area contributed by atoms with Crippen LogP contribution in [-0.4, -0.2) is 146 Å². The maximum absolute atomic E-state index is 14.4. The van der Waals surface area contributed by atoms with Crippen LogP contribution in [0.2, 0.25) is 0 Å². The van der Waals surface area contributed by atoms with Gasteiger partial charge in [0.2, 0.25) is 5.91 Å². The van der Waals surface area contributed by atoms with Crippen LogP contribution in [-0.2, 0) is 52.5 Å². The first-order chi connectivity index (χ1) is 32.0. The molecule has 2 aliphatic rings. The van der Waals surface area contributed by atoms with Gasteiger partial charge in [0.05, 0.1) is 64.7 Å². The molecule has 67 heavy (non-hydrogen) atoms. The predicted molar refractivity (Wildman–Crippen MR) is 251 cm³/mol. The fourth-order valence-electron chi connectivity index (χ4n) is 8.28. The van der Waals surface area contributed by atoms with Crippen LogP contribution in [0.15, 0.2) is 47.9 Å². The van der Waals surface area contributed by atoms with Crippen LogP contribution in [0, 0.1) is 17.8 Å². The Bertz CT molecular complexity index is 1960. The monoisotopic (exact) mass is 953 g/mol. The minimum Gasteiger partial charge on any atom is -0.455 e. The molecule has 4 amide bonds. The van der Waals surface area contributed by atoms with Crippen molar-refractivity contribution in [3.05, 3.63) is 64.1 Å². The van der Waals surface area contributed by atoms with Gasteiger partial charge in [-0.2, -0.15) is 0 Å². The zero-order chi connectivity index (χ0) is 49.0. The molecular weight excluding hydrogens is 883 g/mol. The molecule has 17 nitrogen and oxygen atoms in total. The van der Waals surface area contributed by atoms with Crippen molar-refractivity contribution in [1.82, 2.24) is 25.0 Å². The molecule has 4 rings (SSSR count). The van der Waals surface area contributed by atoms with Crippen LogP contribution in [0.5, 0.6) is 0 Å². The first-order valence-corrected chi connectivity index (χ1v) is 24.3. The number of aromatic nitrogens is 1. The summed E-state index contributed by atoms with van der Waals surface area (Å²) in [4.78, 5) is 99.9. The number of likely N-dealkylation sites (N-methyl/N-ethyl adjacent to an activating group) is 1. The second kappa shape index (κ2) is 27.8. The summed E-state index contributed by atoms with van der Waals surface area (Å²) >= 11 is 1.17. The van der Waals surface area contributed by atoms with Crippen LogP contribution in [0.1, 0.15) is 120 Å². The number of imide groups is 1. The number of nitrogens with zero attached hydrogens (tertiary/aromatic N) is 4. The van der Waals surface area contributed by atoms with E-state index in [1.165, 1.54) is 30.4 Å². The lowest BCUT2D eigenvalue weighted by Gasteiger charge is -2.37. The number of carbonyl (C=O) groups is 7. The molecule has 7 atom stereocenters. The van der Waals surface area contributed by atoms with Gasteiger partial charge in [0.25, 0.3) is 17.7 Å². The number of esters is 2. The standard InChI is InChI=1S/C49H71N5O12S/c1-9-33(4)37(29-41(56)39-17-13-14-21-52(39)7)49(61)53(8)40(32(2)3)30-42(65-35(6)55)48-51-38(31-67-48)47(60)50-34(5)46(36-15-11-10-12-16-36)66-45(59)20-23-62-25-27-64-28-26-63-24-22-54-43(57)18-19-44(54)58/h10-12,15-16,18-19,31-34,37,39-40,42,46H,9,13-14,17,20-30H2,1-8H3,(H,50,60)/t33-,34+,37?,39+,40+,42+,46+/m0/s1. The quantitative estimate of drug-likeness (QED) is 0.0610. The summed E-state index contributed by atoms with van der Waals surface area (Å²) in [5, 5.41) is 4.90. The first-order valence-electron chi connectivity index (χ1n) is 23.5. The number of hydrogen-bond donors (Lipinski definition) is 1. The molecule has 370 valence electrons. The maximum Gasteiger partial charge on any atom is 0.308 e. The predicted octanol–water partition coefficient (Wildman–Crippen LogP) is 5.49. The second-order valence-electron chi connectivity index (χ2n) is 17.7. The highest BCUT2D eigenvalue weighted by molar-refractivity contribution is 7.09. The van der Waals surface area contributed by atoms with Crippen LogP contribution in [0.4, 0.5) is 0 Å². The lowest BCUT2D eigenvalue weighted by atomic mass is 9.83. The fraction of sp³-hybridized carbons (Fsp3) is 0.633. The van der Waals surface area contributed by atoms with Crippen molar-refractivity contribution >= 4 is 52.7 Å². The van der Waals surface area contributed by atoms with E-state index in [0.29, 0.717) is 10.6 Å². The van der Waals surface area contributed by atoms with Crippen molar-refractivity contribution in [3.8, 4) is 0 Å². The first kappa shape index (κ1) is 54.7. The van der Waals surface area contributed by atoms with Gasteiger partial charge in [-0.3, -0.25) is 43.4 Å². The molecule has 0 aliphatic carbocycles. The minimum absolute atomic E-state index is 0.0260. The highest BCUT2D eigenvalue weighted by atomic mass is 32.1. The number of hydrogen-bond acceptors (Lipinski definition) is 15. The van der Waals surface area contributed by atoms with Gasteiger partial charge in [0, 0.05) is 56.3 Å². The molecule has 0 radical (unpaired) electrons. The number of nitrogens with one attached hydrogen (secondary N) is 1. The molecule has 1 aromatic heterocycles. The normalized spacial score (nSPS) is 18.0. The van der Waals surface area contributed by atoms with Crippen LogP contribution < -0.4 is 5.32 Å². The zero-order valence-electron chi connectivity index (χ0n) is 40.4. The van der Waals surface area contributed by atoms with Gasteiger partial charge in [-0.1, -0.05) is 70.9 Å². The number of amides is 4. The molecule has 2 aliphatic heterocycles. The Hall–Kier alpha value is -4.88. The van der Waals surface area contributed by atoms with Crippen LogP contribution >= 0.6 is 11.3 Å². The number of rotatable bonds is 29. The summed E-state index contributed by atoms with van der Waals surface area (Å²) in [5.74, 6) is -2.90. The number of piperidine rings is 1. The van der Waals surface area contributed by atoms with Crippen LogP contribution in [0.3, 0.4) is 0 Å². The van der Waals surface area contributed by atoms with E-state index >= 15 is 0 Å². The smallest absolute Gasteiger partial charge is 0.308 e. The molecule has 3 heterocycles. The van der Waals surface area contributed by atoms with E-state index in [1.54, 1.807) is 36.4 Å². The van der Waals surface area contributed by atoms with Gasteiger partial charge in [-0.05, 0) is 50.8 Å². The van der Waals surface area contributed by atoms with Gasteiger partial charge >= 0.3 is 11.9 Å². The lowest BCUT2D eigenvalue weighted by Crippen LogP contribution is -2.48. The molecule has 1 N–H and O–H groups in total. The summed E-state index contributed by atoms with van der Waals surface area (Å²) in [6, 6.07) is 7.79. The van der Waals surface area contributed by atoms with Crippen molar-refractivity contribution in [3.63, 3.8) is 0 Å². The SMILES string of the molecule is CC[C@H](C)C(CC(=O)[C@H]1CCCCN1C)C(=O)N(C)[C@H](C[C@@H](OC(C)=O)c1nc(C(=O)N[C@H](C)[C@@H](OC(=O)CCOCCOCCOCCN2C(=O)C=CC2=O)c2ccccc2)cs1)C(C)C. The average molecular weight is 954 g/mol. The van der Waals surface area contributed by atoms with Crippen LogP contribution in [0.25, 0.3) is 0 Å². The van der Waals surface area contributed by atoms with Gasteiger partial charge in [-0.15, -0.1) is 11.3 Å². The highest BCUT2D eigenvalue weighted by Gasteiger charge is 2.38. The van der Waals surface area contributed by atoms with E-state index in [1.807, 2.05) is 52.9 Å². The molecule has 1 saturated heterocycles. The van der Waals surface area contributed by atoms with Crippen molar-refractivity contribution in [2.45, 2.75) is 117 Å². The van der Waals surface area contributed by atoms with E-state index in [-0.39, 0.29) is 119 Å². The lowest BCUT2D eigenvalue weighted by molar-refractivity contribution is -0.152. The Morgan fingerprint density at radius 2 is 1.54 bits per heavy atom. The average Bonchev–Trinajstić information content (AvgIpc) is 3.93. The molecule has 18 heteroatoms. The van der Waals surface area contributed by atoms with E-state index in [9.17, 15) is 33.6 Å². The Labute approximate surface area is 399 Å². The summed E-state index contributed by atoms with van der Waals surface area (Å²) in [5.41, 5.74) is 0.759. The van der Waals surface area contributed by atoms with Gasteiger partial charge in [0.1, 0.15) is 16.8 Å². The minimum atomic E-state index is -0.861. The van der Waals surface area contributed by atoms with E-state index < -0.39 is 42.0 Å². The number of Topliss-reactive ketones (excluding diaryl/α,β-unsaturated/α-hetero) is 1. The van der Waals surface area contributed by atoms with Gasteiger partial charge in [-0.25, -0.2) is 4.98 Å².